The van der Waals surface area contributed by atoms with Crippen LogP contribution >= 0.6 is 11.6 Å². The summed E-state index contributed by atoms with van der Waals surface area (Å²) in [7, 11) is 0. The summed E-state index contributed by atoms with van der Waals surface area (Å²) in [4.78, 5) is 12.3. The Morgan fingerprint density at radius 1 is 1.12 bits per heavy atom. The number of hydrogen-bond donors (Lipinski definition) is 2. The molecule has 0 aliphatic carbocycles. The minimum atomic E-state index is -0.326. The average Bonchev–Trinajstić information content (AvgIpc) is 2.61. The van der Waals surface area contributed by atoms with Crippen LogP contribution in [0.2, 0.25) is 5.02 Å². The van der Waals surface area contributed by atoms with Crippen LogP contribution in [0.3, 0.4) is 0 Å². The second kappa shape index (κ2) is 9.91. The Labute approximate surface area is 153 Å². The Morgan fingerprint density at radius 3 is 2.60 bits per heavy atom. The lowest BCUT2D eigenvalue weighted by Gasteiger charge is -2.17. The highest BCUT2D eigenvalue weighted by Crippen LogP contribution is 2.32. The fraction of sp³-hybridized carbons (Fsp3) is 0.316. The van der Waals surface area contributed by atoms with Crippen LogP contribution < -0.4 is 15.4 Å². The summed E-state index contributed by atoms with van der Waals surface area (Å²) in [6, 6.07) is 14.5. The highest BCUT2D eigenvalue weighted by Gasteiger charge is 2.13. The molecule has 0 saturated carbocycles. The zero-order chi connectivity index (χ0) is 18.1. The molecule has 0 saturated heterocycles. The fourth-order valence-electron chi connectivity index (χ4n) is 2.28. The topological polar surface area (TPSA) is 59.6 Å². The molecule has 1 atom stereocenters. The molecule has 5 nitrogen and oxygen atoms in total. The number of nitrogens with one attached hydrogen (secondary N) is 2. The molecule has 1 unspecified atom stereocenters. The summed E-state index contributed by atoms with van der Waals surface area (Å²) in [6.45, 7) is 5.27. The van der Waals surface area contributed by atoms with Crippen molar-refractivity contribution < 1.29 is 14.3 Å². The van der Waals surface area contributed by atoms with Gasteiger partial charge in [-0.15, -0.1) is 0 Å². The summed E-state index contributed by atoms with van der Waals surface area (Å²) in [5.74, 6) is 0.436. The molecule has 0 aromatic heterocycles. The third-order valence-electron chi connectivity index (χ3n) is 3.54. The smallest absolute Gasteiger partial charge is 0.319 e. The Balaban J connectivity index is 1.99. The number of carbonyl (C=O) groups excluding carboxylic acids is 1. The van der Waals surface area contributed by atoms with Crippen LogP contribution in [-0.2, 0) is 4.74 Å². The fourth-order valence-corrected chi connectivity index (χ4v) is 2.51. The van der Waals surface area contributed by atoms with Crippen molar-refractivity contribution in [3.8, 4) is 5.75 Å². The molecule has 0 spiro atoms. The molecule has 2 aromatic carbocycles. The van der Waals surface area contributed by atoms with Gasteiger partial charge in [0.1, 0.15) is 6.61 Å². The number of para-hydroxylation sites is 1. The number of carbonyl (C=O) groups is 1. The Hall–Kier alpha value is -2.24. The average molecular weight is 363 g/mol. The molecule has 6 heteroatoms. The maximum atomic E-state index is 12.3. The minimum absolute atomic E-state index is 0.122. The molecule has 2 aromatic rings. The maximum absolute atomic E-state index is 12.3. The predicted molar refractivity (Wildman–Crippen MR) is 100 cm³/mol. The van der Waals surface area contributed by atoms with Crippen molar-refractivity contribution in [2.24, 2.45) is 0 Å². The number of rotatable bonds is 8. The molecule has 25 heavy (non-hydrogen) atoms. The van der Waals surface area contributed by atoms with E-state index in [4.69, 9.17) is 21.1 Å². The molecule has 2 rings (SSSR count). The summed E-state index contributed by atoms with van der Waals surface area (Å²) >= 11 is 6.19. The van der Waals surface area contributed by atoms with Gasteiger partial charge in [-0.25, -0.2) is 4.79 Å². The van der Waals surface area contributed by atoms with Gasteiger partial charge in [-0.3, -0.25) is 0 Å². The zero-order valence-corrected chi connectivity index (χ0v) is 15.2. The van der Waals surface area contributed by atoms with Crippen molar-refractivity contribution in [1.82, 2.24) is 5.32 Å². The third-order valence-corrected chi connectivity index (χ3v) is 3.84. The number of anilines is 1. The molecule has 0 aliphatic rings. The minimum Gasteiger partial charge on any atom is -0.487 e. The van der Waals surface area contributed by atoms with Crippen LogP contribution in [0.25, 0.3) is 0 Å². The molecule has 134 valence electrons. The van der Waals surface area contributed by atoms with Gasteiger partial charge in [0.2, 0.25) is 0 Å². The first-order valence-electron chi connectivity index (χ1n) is 8.23. The molecule has 2 N–H and O–H groups in total. The number of halogens is 1. The number of urea groups is 1. The summed E-state index contributed by atoms with van der Waals surface area (Å²) < 4.78 is 10.9. The van der Waals surface area contributed by atoms with E-state index in [1.54, 1.807) is 18.2 Å². The van der Waals surface area contributed by atoms with Crippen LogP contribution in [0.15, 0.2) is 48.5 Å². The van der Waals surface area contributed by atoms with Gasteiger partial charge in [0.15, 0.2) is 5.75 Å². The molecule has 0 bridgehead atoms. The monoisotopic (exact) mass is 362 g/mol. The van der Waals surface area contributed by atoms with E-state index in [1.807, 2.05) is 44.2 Å². The van der Waals surface area contributed by atoms with Crippen molar-refractivity contribution >= 4 is 23.3 Å². The van der Waals surface area contributed by atoms with Gasteiger partial charge >= 0.3 is 6.03 Å². The standard InChI is InChI=1S/C19H23ClN2O3/c1-3-24-12-13-25-18-16(20)10-7-11-17(18)22-19(23)21-14(2)15-8-5-4-6-9-15/h4-11,14H,3,12-13H2,1-2H3,(H2,21,22,23). The number of amides is 2. The van der Waals surface area contributed by atoms with E-state index >= 15 is 0 Å². The first-order valence-corrected chi connectivity index (χ1v) is 8.61. The first-order chi connectivity index (χ1) is 12.1. The SMILES string of the molecule is CCOCCOc1c(Cl)cccc1NC(=O)NC(C)c1ccccc1. The van der Waals surface area contributed by atoms with E-state index in [9.17, 15) is 4.79 Å². The van der Waals surface area contributed by atoms with Crippen LogP contribution in [0, 0.1) is 0 Å². The van der Waals surface area contributed by atoms with Gasteiger partial charge in [-0.1, -0.05) is 48.0 Å². The van der Waals surface area contributed by atoms with Crippen LogP contribution in [-0.4, -0.2) is 25.9 Å². The van der Waals surface area contributed by atoms with Crippen molar-refractivity contribution in [3.05, 3.63) is 59.1 Å². The molecule has 0 fully saturated rings. The summed E-state index contributed by atoms with van der Waals surface area (Å²) in [6.07, 6.45) is 0. The van der Waals surface area contributed by atoms with Gasteiger partial charge in [0.25, 0.3) is 0 Å². The highest BCUT2D eigenvalue weighted by molar-refractivity contribution is 6.32. The zero-order valence-electron chi connectivity index (χ0n) is 14.4. The van der Waals surface area contributed by atoms with Crippen LogP contribution in [0.5, 0.6) is 5.75 Å². The Morgan fingerprint density at radius 2 is 1.88 bits per heavy atom. The number of benzene rings is 2. The largest absolute Gasteiger partial charge is 0.487 e. The predicted octanol–water partition coefficient (Wildman–Crippen LogP) is 4.64. The highest BCUT2D eigenvalue weighted by atomic mass is 35.5. The first kappa shape index (κ1) is 19.1. The van der Waals surface area contributed by atoms with Gasteiger partial charge in [-0.05, 0) is 31.5 Å². The molecule has 0 aliphatic heterocycles. The summed E-state index contributed by atoms with van der Waals surface area (Å²) in [5.41, 5.74) is 1.54. The third kappa shape index (κ3) is 5.96. The number of ether oxygens (including phenoxy) is 2. The molecule has 2 amide bonds. The van der Waals surface area contributed by atoms with E-state index < -0.39 is 0 Å². The van der Waals surface area contributed by atoms with E-state index in [-0.39, 0.29) is 12.1 Å². The molecular formula is C19H23ClN2O3. The lowest BCUT2D eigenvalue weighted by Crippen LogP contribution is -2.31. The second-order valence-electron chi connectivity index (χ2n) is 5.39. The van der Waals surface area contributed by atoms with Crippen LogP contribution in [0.4, 0.5) is 10.5 Å². The van der Waals surface area contributed by atoms with Crippen molar-refractivity contribution in [2.75, 3.05) is 25.1 Å². The van der Waals surface area contributed by atoms with E-state index in [0.29, 0.717) is 36.3 Å². The quantitative estimate of drug-likeness (QED) is 0.672. The molecular weight excluding hydrogens is 340 g/mol. The van der Waals surface area contributed by atoms with Gasteiger partial charge in [0, 0.05) is 6.61 Å². The normalized spacial score (nSPS) is 11.6. The maximum Gasteiger partial charge on any atom is 0.319 e. The lowest BCUT2D eigenvalue weighted by atomic mass is 10.1. The van der Waals surface area contributed by atoms with Crippen molar-refractivity contribution in [3.63, 3.8) is 0 Å². The van der Waals surface area contributed by atoms with E-state index in [2.05, 4.69) is 10.6 Å². The van der Waals surface area contributed by atoms with E-state index in [1.165, 1.54) is 0 Å². The summed E-state index contributed by atoms with van der Waals surface area (Å²) in [5, 5.41) is 6.12. The van der Waals surface area contributed by atoms with E-state index in [0.717, 1.165) is 5.56 Å². The van der Waals surface area contributed by atoms with Crippen molar-refractivity contribution in [1.29, 1.82) is 0 Å². The molecule has 0 radical (unpaired) electrons. The van der Waals surface area contributed by atoms with Crippen LogP contribution in [0.1, 0.15) is 25.5 Å². The Bertz CT molecular complexity index is 680. The van der Waals surface area contributed by atoms with Gasteiger partial charge in [0.05, 0.1) is 23.4 Å². The van der Waals surface area contributed by atoms with Crippen molar-refractivity contribution in [2.45, 2.75) is 19.9 Å². The lowest BCUT2D eigenvalue weighted by molar-refractivity contribution is 0.110. The Kier molecular flexibility index (Phi) is 7.57. The number of hydrogen-bond acceptors (Lipinski definition) is 3. The van der Waals surface area contributed by atoms with Gasteiger partial charge in [-0.2, -0.15) is 0 Å². The second-order valence-corrected chi connectivity index (χ2v) is 5.80. The van der Waals surface area contributed by atoms with Gasteiger partial charge < -0.3 is 20.1 Å². The molecule has 0 heterocycles.